The molecular formula is C16H15N5O. The number of hydrogen-bond donors (Lipinski definition) is 3. The van der Waals surface area contributed by atoms with Gasteiger partial charge in [0.15, 0.2) is 0 Å². The average molecular weight is 293 g/mol. The van der Waals surface area contributed by atoms with E-state index in [0.717, 1.165) is 16.5 Å². The molecule has 0 spiro atoms. The molecule has 2 aromatic carbocycles. The van der Waals surface area contributed by atoms with Crippen LogP contribution < -0.4 is 16.8 Å². The number of aromatic nitrogens is 2. The number of anilines is 2. The topological polar surface area (TPSA) is 107 Å². The van der Waals surface area contributed by atoms with Crippen molar-refractivity contribution in [3.63, 3.8) is 0 Å². The van der Waals surface area contributed by atoms with E-state index in [9.17, 15) is 4.79 Å². The second-order valence-electron chi connectivity index (χ2n) is 4.82. The number of nitrogens with one attached hydrogen (secondary N) is 1. The zero-order valence-corrected chi connectivity index (χ0v) is 12.0. The predicted octanol–water partition coefficient (Wildman–Crippen LogP) is 2.02. The molecule has 6 heteroatoms. The van der Waals surface area contributed by atoms with Crippen LogP contribution in [0.1, 0.15) is 10.4 Å². The SMILES string of the molecule is CNc1nc(N)nc2cc(-c3ccccc3C(N)=O)ccc12. The summed E-state index contributed by atoms with van der Waals surface area (Å²) in [6.45, 7) is 0. The van der Waals surface area contributed by atoms with E-state index in [0.29, 0.717) is 16.9 Å². The molecule has 6 nitrogen and oxygen atoms in total. The highest BCUT2D eigenvalue weighted by atomic mass is 16.1. The Morgan fingerprint density at radius 2 is 1.91 bits per heavy atom. The quantitative estimate of drug-likeness (QED) is 0.685. The van der Waals surface area contributed by atoms with Gasteiger partial charge in [-0.15, -0.1) is 0 Å². The van der Waals surface area contributed by atoms with Gasteiger partial charge >= 0.3 is 0 Å². The molecule has 3 rings (SSSR count). The maximum absolute atomic E-state index is 11.6. The van der Waals surface area contributed by atoms with E-state index >= 15 is 0 Å². The normalized spacial score (nSPS) is 10.6. The van der Waals surface area contributed by atoms with Gasteiger partial charge in [-0.1, -0.05) is 24.3 Å². The zero-order valence-electron chi connectivity index (χ0n) is 12.0. The summed E-state index contributed by atoms with van der Waals surface area (Å²) in [5.41, 5.74) is 14.0. The van der Waals surface area contributed by atoms with Gasteiger partial charge in [-0.3, -0.25) is 4.79 Å². The first kappa shape index (κ1) is 13.8. The van der Waals surface area contributed by atoms with Gasteiger partial charge in [0.05, 0.1) is 5.52 Å². The minimum Gasteiger partial charge on any atom is -0.372 e. The van der Waals surface area contributed by atoms with Crippen molar-refractivity contribution in [2.45, 2.75) is 0 Å². The minimum atomic E-state index is -0.464. The second kappa shape index (κ2) is 5.33. The van der Waals surface area contributed by atoms with E-state index < -0.39 is 5.91 Å². The van der Waals surface area contributed by atoms with Crippen LogP contribution >= 0.6 is 0 Å². The van der Waals surface area contributed by atoms with Crippen LogP contribution in [-0.2, 0) is 0 Å². The lowest BCUT2D eigenvalue weighted by molar-refractivity contribution is 0.100. The van der Waals surface area contributed by atoms with Crippen molar-refractivity contribution in [3.8, 4) is 11.1 Å². The Morgan fingerprint density at radius 3 is 2.64 bits per heavy atom. The highest BCUT2D eigenvalue weighted by Crippen LogP contribution is 2.29. The Morgan fingerprint density at radius 1 is 1.14 bits per heavy atom. The number of benzene rings is 2. The van der Waals surface area contributed by atoms with Crippen LogP contribution in [0.2, 0.25) is 0 Å². The monoisotopic (exact) mass is 293 g/mol. The summed E-state index contributed by atoms with van der Waals surface area (Å²) in [5.74, 6) is 0.392. The fourth-order valence-corrected chi connectivity index (χ4v) is 2.46. The third-order valence-corrected chi connectivity index (χ3v) is 3.45. The average Bonchev–Trinajstić information content (AvgIpc) is 2.53. The Hall–Kier alpha value is -3.15. The number of nitrogens with two attached hydrogens (primary N) is 2. The number of carbonyl (C=O) groups is 1. The molecule has 0 aliphatic carbocycles. The van der Waals surface area contributed by atoms with Crippen molar-refractivity contribution in [1.82, 2.24) is 9.97 Å². The number of fused-ring (bicyclic) bond motifs is 1. The number of nitrogen functional groups attached to an aromatic ring is 1. The summed E-state index contributed by atoms with van der Waals surface area (Å²) >= 11 is 0. The lowest BCUT2D eigenvalue weighted by atomic mass is 9.98. The lowest BCUT2D eigenvalue weighted by Gasteiger charge is -2.10. The van der Waals surface area contributed by atoms with Crippen LogP contribution in [0.15, 0.2) is 42.5 Å². The molecule has 0 aliphatic heterocycles. The number of amides is 1. The largest absolute Gasteiger partial charge is 0.372 e. The van der Waals surface area contributed by atoms with Crippen molar-refractivity contribution >= 4 is 28.6 Å². The summed E-state index contributed by atoms with van der Waals surface area (Å²) in [5, 5.41) is 3.85. The maximum atomic E-state index is 11.6. The molecule has 110 valence electrons. The Labute approximate surface area is 127 Å². The predicted molar refractivity (Wildman–Crippen MR) is 87.5 cm³/mol. The van der Waals surface area contributed by atoms with Gasteiger partial charge in [-0.25, -0.2) is 4.98 Å². The molecule has 1 amide bonds. The molecule has 0 saturated carbocycles. The standard InChI is InChI=1S/C16H15N5O/c1-19-15-12-7-6-9(8-13(12)20-16(18)21-15)10-4-2-3-5-11(10)14(17)22/h2-8H,1H3,(H2,17,22)(H3,18,19,20,21). The first-order chi connectivity index (χ1) is 10.6. The third kappa shape index (κ3) is 2.31. The third-order valence-electron chi connectivity index (χ3n) is 3.45. The molecular weight excluding hydrogens is 278 g/mol. The van der Waals surface area contributed by atoms with E-state index in [4.69, 9.17) is 11.5 Å². The number of carbonyl (C=O) groups excluding carboxylic acids is 1. The lowest BCUT2D eigenvalue weighted by Crippen LogP contribution is -2.12. The van der Waals surface area contributed by atoms with Crippen LogP contribution in [0, 0.1) is 0 Å². The highest BCUT2D eigenvalue weighted by molar-refractivity contribution is 6.01. The molecule has 0 saturated heterocycles. The van der Waals surface area contributed by atoms with Gasteiger partial charge in [-0.2, -0.15) is 4.98 Å². The molecule has 3 aromatic rings. The van der Waals surface area contributed by atoms with Crippen LogP contribution in [-0.4, -0.2) is 22.9 Å². The van der Waals surface area contributed by atoms with Gasteiger partial charge in [0, 0.05) is 18.0 Å². The molecule has 1 heterocycles. The Kier molecular flexibility index (Phi) is 3.34. The number of primary amides is 1. The van der Waals surface area contributed by atoms with Crippen LogP contribution in [0.5, 0.6) is 0 Å². The fourth-order valence-electron chi connectivity index (χ4n) is 2.46. The highest BCUT2D eigenvalue weighted by Gasteiger charge is 2.11. The molecule has 1 aromatic heterocycles. The van der Waals surface area contributed by atoms with Gasteiger partial charge in [0.25, 0.3) is 0 Å². The molecule has 0 bridgehead atoms. The smallest absolute Gasteiger partial charge is 0.249 e. The van der Waals surface area contributed by atoms with E-state index in [1.54, 1.807) is 19.2 Å². The van der Waals surface area contributed by atoms with Crippen molar-refractivity contribution in [2.75, 3.05) is 18.1 Å². The molecule has 0 aliphatic rings. The molecule has 22 heavy (non-hydrogen) atoms. The molecule has 0 unspecified atom stereocenters. The molecule has 5 N–H and O–H groups in total. The zero-order chi connectivity index (χ0) is 15.7. The van der Waals surface area contributed by atoms with E-state index in [1.165, 1.54) is 0 Å². The van der Waals surface area contributed by atoms with Gasteiger partial charge in [0.1, 0.15) is 5.82 Å². The van der Waals surface area contributed by atoms with Gasteiger partial charge in [-0.05, 0) is 29.3 Å². The summed E-state index contributed by atoms with van der Waals surface area (Å²) in [7, 11) is 1.78. The van der Waals surface area contributed by atoms with Crippen molar-refractivity contribution in [3.05, 3.63) is 48.0 Å². The van der Waals surface area contributed by atoms with E-state index in [2.05, 4.69) is 15.3 Å². The number of hydrogen-bond acceptors (Lipinski definition) is 5. The molecule has 0 fully saturated rings. The summed E-state index contributed by atoms with van der Waals surface area (Å²) in [6.07, 6.45) is 0. The maximum Gasteiger partial charge on any atom is 0.249 e. The van der Waals surface area contributed by atoms with Crippen LogP contribution in [0.4, 0.5) is 11.8 Å². The summed E-state index contributed by atoms with van der Waals surface area (Å²) in [4.78, 5) is 20.0. The van der Waals surface area contributed by atoms with Crippen molar-refractivity contribution in [2.24, 2.45) is 5.73 Å². The van der Waals surface area contributed by atoms with E-state index in [-0.39, 0.29) is 5.95 Å². The number of rotatable bonds is 3. The summed E-state index contributed by atoms with van der Waals surface area (Å²) in [6, 6.07) is 12.9. The Bertz CT molecular complexity index is 876. The van der Waals surface area contributed by atoms with Crippen LogP contribution in [0.3, 0.4) is 0 Å². The van der Waals surface area contributed by atoms with Crippen molar-refractivity contribution < 1.29 is 4.79 Å². The van der Waals surface area contributed by atoms with Crippen molar-refractivity contribution in [1.29, 1.82) is 0 Å². The molecule has 0 atom stereocenters. The first-order valence-electron chi connectivity index (χ1n) is 6.74. The van der Waals surface area contributed by atoms with Gasteiger partial charge < -0.3 is 16.8 Å². The fraction of sp³-hybridized carbons (Fsp3) is 0.0625. The van der Waals surface area contributed by atoms with Gasteiger partial charge in [0.2, 0.25) is 11.9 Å². The van der Waals surface area contributed by atoms with E-state index in [1.807, 2.05) is 30.3 Å². The number of nitrogens with zero attached hydrogens (tertiary/aromatic N) is 2. The van der Waals surface area contributed by atoms with Crippen LogP contribution in [0.25, 0.3) is 22.0 Å². The molecule has 0 radical (unpaired) electrons. The summed E-state index contributed by atoms with van der Waals surface area (Å²) < 4.78 is 0. The second-order valence-corrected chi connectivity index (χ2v) is 4.82. The Balaban J connectivity index is 2.24. The first-order valence-corrected chi connectivity index (χ1v) is 6.74. The minimum absolute atomic E-state index is 0.192.